The summed E-state index contributed by atoms with van der Waals surface area (Å²) in [6, 6.07) is 0. The lowest BCUT2D eigenvalue weighted by molar-refractivity contribution is -0.161. The summed E-state index contributed by atoms with van der Waals surface area (Å²) in [5, 5.41) is 10.6. The van der Waals surface area contributed by atoms with Crippen LogP contribution in [0.1, 0.15) is 389 Å². The van der Waals surface area contributed by atoms with Crippen LogP contribution in [0.4, 0.5) is 0 Å². The van der Waals surface area contributed by atoms with Gasteiger partial charge in [-0.3, -0.25) is 37.3 Å². The van der Waals surface area contributed by atoms with Crippen LogP contribution in [-0.4, -0.2) is 96.7 Å². The predicted molar refractivity (Wildman–Crippen MR) is 391 cm³/mol. The Kier molecular flexibility index (Phi) is 65.0. The van der Waals surface area contributed by atoms with Crippen molar-refractivity contribution in [1.82, 2.24) is 0 Å². The Labute approximate surface area is 588 Å². The fourth-order valence-corrected chi connectivity index (χ4v) is 13.2. The molecule has 0 aliphatic heterocycles. The van der Waals surface area contributed by atoms with Crippen LogP contribution in [-0.2, 0) is 65.4 Å². The monoisotopic (exact) mass is 1410 g/mol. The van der Waals surface area contributed by atoms with Gasteiger partial charge in [0.05, 0.1) is 26.4 Å². The molecule has 7 atom stereocenters. The summed E-state index contributed by atoms with van der Waals surface area (Å²) in [5.41, 5.74) is 0. The summed E-state index contributed by atoms with van der Waals surface area (Å²) in [6.07, 6.45) is 51.3. The molecule has 0 aromatic rings. The molecule has 0 rings (SSSR count). The highest BCUT2D eigenvalue weighted by molar-refractivity contribution is 7.47. The molecule has 0 radical (unpaired) electrons. The summed E-state index contributed by atoms with van der Waals surface area (Å²) in [4.78, 5) is 72.8. The van der Waals surface area contributed by atoms with Gasteiger partial charge in [0.15, 0.2) is 12.2 Å². The molecule has 0 aliphatic rings. The highest BCUT2D eigenvalue weighted by Gasteiger charge is 2.30. The smallest absolute Gasteiger partial charge is 0.462 e. The van der Waals surface area contributed by atoms with E-state index in [4.69, 9.17) is 37.0 Å². The zero-order chi connectivity index (χ0) is 71.0. The van der Waals surface area contributed by atoms with Gasteiger partial charge in [-0.05, 0) is 49.4 Å². The number of phosphoric acid groups is 2. The largest absolute Gasteiger partial charge is 0.472 e. The first kappa shape index (κ1) is 94.1. The average molecular weight is 1410 g/mol. The van der Waals surface area contributed by atoms with E-state index in [9.17, 15) is 43.2 Å². The van der Waals surface area contributed by atoms with Crippen molar-refractivity contribution in [3.63, 3.8) is 0 Å². The number of ether oxygens (including phenoxy) is 4. The van der Waals surface area contributed by atoms with Crippen LogP contribution in [0.2, 0.25) is 0 Å². The van der Waals surface area contributed by atoms with Crippen molar-refractivity contribution in [2.45, 2.75) is 408 Å². The molecule has 96 heavy (non-hydrogen) atoms. The first-order chi connectivity index (χ1) is 46.2. The third-order valence-corrected chi connectivity index (χ3v) is 20.4. The number of aliphatic hydroxyl groups excluding tert-OH is 1. The third-order valence-electron chi connectivity index (χ3n) is 18.5. The van der Waals surface area contributed by atoms with Crippen molar-refractivity contribution in [1.29, 1.82) is 0 Å². The number of rotatable bonds is 74. The second-order valence-corrected chi connectivity index (χ2v) is 32.1. The molecule has 0 aromatic carbocycles. The van der Waals surface area contributed by atoms with E-state index in [0.717, 1.165) is 114 Å². The van der Waals surface area contributed by atoms with Crippen molar-refractivity contribution in [3.05, 3.63) is 0 Å². The lowest BCUT2D eigenvalue weighted by Gasteiger charge is -2.21. The summed E-state index contributed by atoms with van der Waals surface area (Å²) < 4.78 is 68.5. The predicted octanol–water partition coefficient (Wildman–Crippen LogP) is 22.4. The van der Waals surface area contributed by atoms with E-state index in [0.29, 0.717) is 31.6 Å². The Balaban J connectivity index is 5.23. The highest BCUT2D eigenvalue weighted by Crippen LogP contribution is 2.45. The number of carbonyl (C=O) groups excluding carboxylic acids is 4. The standard InChI is InChI=1S/C77H150O17P2/c1-9-69(7)55-47-39-30-24-18-13-11-12-14-19-26-32-41-49-57-74(79)87-63-72(93-77(82)60-52-44-34-28-22-21-25-31-40-48-56-70(8)10-2)65-91-95(83,84)89-61-71(78)62-90-96(85,86)92-66-73(64-88-75(80)58-50-42-36-35-38-46-54-68(5)6)94-76(81)59-51-43-33-27-20-16-15-17-23-29-37-45-53-67(3)4/h67-73,78H,9-66H2,1-8H3,(H,83,84)(H,85,86)/t69?,70?,71-,72-,73-/m1/s1. The van der Waals surface area contributed by atoms with Crippen LogP contribution in [0.3, 0.4) is 0 Å². The number of phosphoric ester groups is 2. The van der Waals surface area contributed by atoms with Crippen molar-refractivity contribution in [3.8, 4) is 0 Å². The molecule has 17 nitrogen and oxygen atoms in total. The van der Waals surface area contributed by atoms with Gasteiger partial charge in [0.25, 0.3) is 0 Å². The molecule has 0 spiro atoms. The molecule has 0 aliphatic carbocycles. The van der Waals surface area contributed by atoms with Gasteiger partial charge in [-0.1, -0.05) is 338 Å². The first-order valence-electron chi connectivity index (χ1n) is 39.8. The molecule has 0 saturated heterocycles. The van der Waals surface area contributed by atoms with Gasteiger partial charge in [0, 0.05) is 25.7 Å². The van der Waals surface area contributed by atoms with Crippen LogP contribution in [0, 0.1) is 23.7 Å². The zero-order valence-corrected chi connectivity index (χ0v) is 64.8. The summed E-state index contributed by atoms with van der Waals surface area (Å²) >= 11 is 0. The van der Waals surface area contributed by atoms with Crippen LogP contribution in [0.25, 0.3) is 0 Å². The SMILES string of the molecule is CCC(C)CCCCCCCCCCCCCCCCC(=O)OC[C@H](COP(=O)(O)OC[C@@H](O)COP(=O)(O)OC[C@@H](COC(=O)CCCCCCCCC(C)C)OC(=O)CCCCCCCCCCCCCCC(C)C)OC(=O)CCCCCCCCCCCCC(C)CC. The van der Waals surface area contributed by atoms with Gasteiger partial charge >= 0.3 is 39.5 Å². The molecule has 0 heterocycles. The molecule has 0 saturated carbocycles. The van der Waals surface area contributed by atoms with Gasteiger partial charge in [0.2, 0.25) is 0 Å². The molecule has 0 aromatic heterocycles. The van der Waals surface area contributed by atoms with Crippen molar-refractivity contribution in [2.24, 2.45) is 23.7 Å². The summed E-state index contributed by atoms with van der Waals surface area (Å²) in [6.45, 7) is 14.2. The first-order valence-corrected chi connectivity index (χ1v) is 42.8. The maximum Gasteiger partial charge on any atom is 0.472 e. The van der Waals surface area contributed by atoms with Crippen LogP contribution in [0.5, 0.6) is 0 Å². The Bertz CT molecular complexity index is 1890. The molecule has 0 fully saturated rings. The van der Waals surface area contributed by atoms with Crippen LogP contribution < -0.4 is 0 Å². The van der Waals surface area contributed by atoms with Gasteiger partial charge in [-0.25, -0.2) is 9.13 Å². The molecular weight excluding hydrogens is 1260 g/mol. The zero-order valence-electron chi connectivity index (χ0n) is 63.0. The number of esters is 4. The Morgan fingerprint density at radius 1 is 0.292 bits per heavy atom. The van der Waals surface area contributed by atoms with Crippen LogP contribution in [0.15, 0.2) is 0 Å². The van der Waals surface area contributed by atoms with Gasteiger partial charge in [-0.2, -0.15) is 0 Å². The average Bonchev–Trinajstić information content (AvgIpc) is 2.44. The fourth-order valence-electron chi connectivity index (χ4n) is 11.7. The maximum absolute atomic E-state index is 13.1. The molecular formula is C77H150O17P2. The minimum absolute atomic E-state index is 0.105. The molecule has 0 amide bonds. The number of hydrogen-bond donors (Lipinski definition) is 3. The van der Waals surface area contributed by atoms with E-state index in [1.54, 1.807) is 0 Å². The Hall–Kier alpha value is -1.94. The Morgan fingerprint density at radius 3 is 0.740 bits per heavy atom. The van der Waals surface area contributed by atoms with Gasteiger partial charge < -0.3 is 33.8 Å². The number of aliphatic hydroxyl groups is 1. The van der Waals surface area contributed by atoms with E-state index < -0.39 is 97.5 Å². The molecule has 4 unspecified atom stereocenters. The molecule has 19 heteroatoms. The second kappa shape index (κ2) is 66.3. The lowest BCUT2D eigenvalue weighted by atomic mass is 9.99. The molecule has 570 valence electrons. The number of unbranched alkanes of at least 4 members (excludes halogenated alkanes) is 38. The van der Waals surface area contributed by atoms with Crippen molar-refractivity contribution in [2.75, 3.05) is 39.6 Å². The van der Waals surface area contributed by atoms with Crippen molar-refractivity contribution >= 4 is 39.5 Å². The van der Waals surface area contributed by atoms with E-state index in [1.165, 1.54) is 186 Å². The maximum atomic E-state index is 13.1. The van der Waals surface area contributed by atoms with E-state index in [-0.39, 0.29) is 25.7 Å². The number of carbonyl (C=O) groups is 4. The van der Waals surface area contributed by atoms with Gasteiger partial charge in [-0.15, -0.1) is 0 Å². The van der Waals surface area contributed by atoms with E-state index >= 15 is 0 Å². The molecule has 0 bridgehead atoms. The summed E-state index contributed by atoms with van der Waals surface area (Å²) in [7, 11) is -9.91. The van der Waals surface area contributed by atoms with Crippen molar-refractivity contribution < 1.29 is 80.2 Å². The lowest BCUT2D eigenvalue weighted by Crippen LogP contribution is -2.30. The minimum atomic E-state index is -4.96. The van der Waals surface area contributed by atoms with Gasteiger partial charge in [0.1, 0.15) is 19.3 Å². The third kappa shape index (κ3) is 67.9. The summed E-state index contributed by atoms with van der Waals surface area (Å²) in [5.74, 6) is 0.988. The molecule has 3 N–H and O–H groups in total. The normalized spacial score (nSPS) is 14.7. The fraction of sp³-hybridized carbons (Fsp3) is 0.948. The highest BCUT2D eigenvalue weighted by atomic mass is 31.2. The van der Waals surface area contributed by atoms with E-state index in [1.807, 2.05) is 0 Å². The quantitative estimate of drug-likeness (QED) is 0.0222. The van der Waals surface area contributed by atoms with Crippen LogP contribution >= 0.6 is 15.6 Å². The minimum Gasteiger partial charge on any atom is -0.462 e. The topological polar surface area (TPSA) is 237 Å². The number of hydrogen-bond acceptors (Lipinski definition) is 15. The second-order valence-electron chi connectivity index (χ2n) is 29.2. The van der Waals surface area contributed by atoms with E-state index in [2.05, 4.69) is 55.4 Å². The Morgan fingerprint density at radius 2 is 0.500 bits per heavy atom.